The smallest absolute Gasteiger partial charge is 0.410 e. The maximum Gasteiger partial charge on any atom is 0.410 e. The number of unbranched alkanes of at least 4 members (excludes halogenated alkanes) is 1. The Morgan fingerprint density at radius 1 is 1.29 bits per heavy atom. The molecule has 0 aliphatic carbocycles. The summed E-state index contributed by atoms with van der Waals surface area (Å²) < 4.78 is 5.28. The van der Waals surface area contributed by atoms with Gasteiger partial charge in [0, 0.05) is 6.54 Å². The number of likely N-dealkylation sites (tertiary alicyclic amines) is 1. The molecule has 1 heterocycles. The zero-order valence-electron chi connectivity index (χ0n) is 14.2. The second kappa shape index (κ2) is 5.85. The third-order valence-electron chi connectivity index (χ3n) is 4.32. The number of amides is 1. The topological polar surface area (TPSA) is 66.8 Å². The highest BCUT2D eigenvalue weighted by molar-refractivity contribution is 5.86. The number of ether oxygens (including phenoxy) is 1. The Hall–Kier alpha value is -1.26. The molecule has 21 heavy (non-hydrogen) atoms. The number of carbonyl (C=O) groups is 2. The Morgan fingerprint density at radius 3 is 2.29 bits per heavy atom. The lowest BCUT2D eigenvalue weighted by Gasteiger charge is -2.43. The van der Waals surface area contributed by atoms with Crippen LogP contribution >= 0.6 is 0 Å². The van der Waals surface area contributed by atoms with Gasteiger partial charge in [0.15, 0.2) is 0 Å². The van der Waals surface area contributed by atoms with E-state index in [1.54, 1.807) is 0 Å². The number of hydrogen-bond acceptors (Lipinski definition) is 3. The van der Waals surface area contributed by atoms with Gasteiger partial charge in [-0.25, -0.2) is 9.59 Å². The third-order valence-corrected chi connectivity index (χ3v) is 4.32. The highest BCUT2D eigenvalue weighted by Gasteiger charge is 2.62. The lowest BCUT2D eigenvalue weighted by atomic mass is 9.68. The molecule has 0 radical (unpaired) electrons. The van der Waals surface area contributed by atoms with Crippen LogP contribution in [0.1, 0.15) is 60.8 Å². The van der Waals surface area contributed by atoms with Crippen LogP contribution in [-0.2, 0) is 9.53 Å². The monoisotopic (exact) mass is 299 g/mol. The average molecular weight is 299 g/mol. The molecular formula is C16H29NO4. The van der Waals surface area contributed by atoms with E-state index in [0.717, 1.165) is 12.8 Å². The van der Waals surface area contributed by atoms with Gasteiger partial charge in [0.05, 0.1) is 6.61 Å². The van der Waals surface area contributed by atoms with E-state index in [1.807, 2.05) is 41.5 Å². The predicted octanol–water partition coefficient (Wildman–Crippen LogP) is 3.52. The fourth-order valence-electron chi connectivity index (χ4n) is 3.19. The zero-order valence-corrected chi connectivity index (χ0v) is 14.2. The molecule has 1 aliphatic rings. The van der Waals surface area contributed by atoms with Gasteiger partial charge in [0.2, 0.25) is 0 Å². The molecule has 1 aliphatic heterocycles. The maximum absolute atomic E-state index is 12.4. The van der Waals surface area contributed by atoms with Crippen LogP contribution in [0.4, 0.5) is 4.79 Å². The number of nitrogens with zero attached hydrogens (tertiary/aromatic N) is 1. The lowest BCUT2D eigenvalue weighted by molar-refractivity contribution is -0.156. The molecule has 1 amide bonds. The number of aliphatic carboxylic acids is 1. The van der Waals surface area contributed by atoms with Crippen LogP contribution < -0.4 is 0 Å². The molecule has 1 rings (SSSR count). The Balaban J connectivity index is 3.13. The Kier molecular flexibility index (Phi) is 4.96. The van der Waals surface area contributed by atoms with Crippen LogP contribution in [0.2, 0.25) is 0 Å². The van der Waals surface area contributed by atoms with Crippen molar-refractivity contribution >= 4 is 12.1 Å². The van der Waals surface area contributed by atoms with Crippen LogP contribution in [0.3, 0.4) is 0 Å². The van der Waals surface area contributed by atoms with E-state index >= 15 is 0 Å². The molecule has 0 saturated carbocycles. The summed E-state index contributed by atoms with van der Waals surface area (Å²) >= 11 is 0. The molecule has 1 atom stereocenters. The first-order valence-corrected chi connectivity index (χ1v) is 7.66. The number of rotatable bonds is 4. The normalized spacial score (nSPS) is 25.0. The fourth-order valence-corrected chi connectivity index (χ4v) is 3.19. The molecular weight excluding hydrogens is 270 g/mol. The fraction of sp³-hybridized carbons (Fsp3) is 0.875. The van der Waals surface area contributed by atoms with E-state index in [9.17, 15) is 14.7 Å². The molecule has 5 nitrogen and oxygen atoms in total. The summed E-state index contributed by atoms with van der Waals surface area (Å²) in [6.07, 6.45) is 1.65. The second-order valence-corrected chi connectivity index (χ2v) is 7.81. The predicted molar refractivity (Wildman–Crippen MR) is 81.2 cm³/mol. The van der Waals surface area contributed by atoms with Gasteiger partial charge in [0.1, 0.15) is 5.54 Å². The Morgan fingerprint density at radius 2 is 1.86 bits per heavy atom. The summed E-state index contributed by atoms with van der Waals surface area (Å²) in [5.41, 5.74) is -2.04. The van der Waals surface area contributed by atoms with E-state index in [4.69, 9.17) is 4.74 Å². The van der Waals surface area contributed by atoms with Gasteiger partial charge in [-0.2, -0.15) is 0 Å². The Labute approximate surface area is 127 Å². The maximum atomic E-state index is 12.4. The summed E-state index contributed by atoms with van der Waals surface area (Å²) in [4.78, 5) is 25.9. The molecule has 0 aromatic heterocycles. The minimum atomic E-state index is -1.22. The van der Waals surface area contributed by atoms with Gasteiger partial charge in [-0.05, 0) is 23.7 Å². The zero-order chi connectivity index (χ0) is 16.5. The Bertz CT molecular complexity index is 411. The highest BCUT2D eigenvalue weighted by atomic mass is 16.6. The number of carboxylic acids is 1. The van der Waals surface area contributed by atoms with E-state index < -0.39 is 23.0 Å². The van der Waals surface area contributed by atoms with Crippen LogP contribution in [0.15, 0.2) is 0 Å². The number of carboxylic acid groups (broad SMARTS) is 1. The molecule has 0 aromatic rings. The molecule has 0 aromatic carbocycles. The summed E-state index contributed by atoms with van der Waals surface area (Å²) in [5.74, 6) is -0.951. The van der Waals surface area contributed by atoms with E-state index in [1.165, 1.54) is 4.90 Å². The van der Waals surface area contributed by atoms with Gasteiger partial charge >= 0.3 is 12.1 Å². The third kappa shape index (κ3) is 3.33. The van der Waals surface area contributed by atoms with Crippen molar-refractivity contribution in [2.75, 3.05) is 13.2 Å². The first kappa shape index (κ1) is 17.8. The molecule has 0 bridgehead atoms. The van der Waals surface area contributed by atoms with Gasteiger partial charge in [-0.3, -0.25) is 4.90 Å². The van der Waals surface area contributed by atoms with Crippen molar-refractivity contribution in [3.63, 3.8) is 0 Å². The molecule has 0 spiro atoms. The first-order valence-electron chi connectivity index (χ1n) is 7.66. The van der Waals surface area contributed by atoms with Crippen molar-refractivity contribution in [2.24, 2.45) is 10.8 Å². The van der Waals surface area contributed by atoms with E-state index in [2.05, 4.69) is 0 Å². The van der Waals surface area contributed by atoms with Crippen LogP contribution in [0.5, 0.6) is 0 Å². The standard InChI is InChI=1S/C16H29NO4/c1-7-8-9-21-13(20)17-11-15(5,6)10-16(17,12(18)19)14(2,3)4/h7-11H2,1-6H3,(H,18,19). The van der Waals surface area contributed by atoms with Crippen LogP contribution in [-0.4, -0.2) is 40.8 Å². The van der Waals surface area contributed by atoms with Crippen molar-refractivity contribution in [1.82, 2.24) is 4.90 Å². The first-order chi connectivity index (χ1) is 9.48. The number of hydrogen-bond donors (Lipinski definition) is 1. The molecule has 1 saturated heterocycles. The highest BCUT2D eigenvalue weighted by Crippen LogP contribution is 2.50. The van der Waals surface area contributed by atoms with Gasteiger partial charge < -0.3 is 9.84 Å². The van der Waals surface area contributed by atoms with E-state index in [-0.39, 0.29) is 5.41 Å². The molecule has 1 N–H and O–H groups in total. The molecule has 122 valence electrons. The summed E-state index contributed by atoms with van der Waals surface area (Å²) in [7, 11) is 0. The van der Waals surface area contributed by atoms with Crippen LogP contribution in [0.25, 0.3) is 0 Å². The molecule has 1 unspecified atom stereocenters. The van der Waals surface area contributed by atoms with Crippen molar-refractivity contribution in [3.05, 3.63) is 0 Å². The second-order valence-electron chi connectivity index (χ2n) is 7.81. The van der Waals surface area contributed by atoms with Gasteiger partial charge in [-0.1, -0.05) is 48.0 Å². The van der Waals surface area contributed by atoms with Crippen molar-refractivity contribution in [1.29, 1.82) is 0 Å². The molecule has 5 heteroatoms. The summed E-state index contributed by atoms with van der Waals surface area (Å²) in [5, 5.41) is 9.87. The van der Waals surface area contributed by atoms with Gasteiger partial charge in [-0.15, -0.1) is 0 Å². The quantitative estimate of drug-likeness (QED) is 0.806. The number of carbonyl (C=O) groups excluding carboxylic acids is 1. The summed E-state index contributed by atoms with van der Waals surface area (Å²) in [6, 6.07) is 0. The largest absolute Gasteiger partial charge is 0.479 e. The summed E-state index contributed by atoms with van der Waals surface area (Å²) in [6.45, 7) is 12.4. The van der Waals surface area contributed by atoms with Crippen molar-refractivity contribution in [2.45, 2.75) is 66.3 Å². The average Bonchev–Trinajstić information content (AvgIpc) is 2.62. The SMILES string of the molecule is CCCCOC(=O)N1CC(C)(C)CC1(C(=O)O)C(C)(C)C. The van der Waals surface area contributed by atoms with Gasteiger partial charge in [0.25, 0.3) is 0 Å². The molecule has 1 fully saturated rings. The van der Waals surface area contributed by atoms with Crippen molar-refractivity contribution < 1.29 is 19.4 Å². The van der Waals surface area contributed by atoms with Crippen molar-refractivity contribution in [3.8, 4) is 0 Å². The minimum absolute atomic E-state index is 0.241. The van der Waals surface area contributed by atoms with E-state index in [0.29, 0.717) is 19.6 Å². The minimum Gasteiger partial charge on any atom is -0.479 e. The lowest BCUT2D eigenvalue weighted by Crippen LogP contribution is -2.60. The van der Waals surface area contributed by atoms with Crippen LogP contribution in [0, 0.1) is 10.8 Å².